The third kappa shape index (κ3) is 4.79. The monoisotopic (exact) mass is 160 g/mol. The van der Waals surface area contributed by atoms with E-state index in [1.807, 2.05) is 13.8 Å². The molecule has 0 amide bonds. The Bertz CT molecular complexity index is 129. The molecule has 0 saturated carbocycles. The van der Waals surface area contributed by atoms with Gasteiger partial charge in [-0.25, -0.2) is 0 Å². The molecule has 0 aliphatic rings. The van der Waals surface area contributed by atoms with E-state index in [4.69, 9.17) is 4.74 Å². The molecule has 0 aliphatic heterocycles. The van der Waals surface area contributed by atoms with Crippen LogP contribution in [-0.4, -0.2) is 26.8 Å². The number of esters is 1. The van der Waals surface area contributed by atoms with Crippen LogP contribution in [0.1, 0.15) is 20.3 Å². The Kier molecular flexibility index (Phi) is 4.11. The molecule has 0 radical (unpaired) electrons. The van der Waals surface area contributed by atoms with Crippen LogP contribution in [0.5, 0.6) is 0 Å². The molecular weight excluding hydrogens is 144 g/mol. The van der Waals surface area contributed by atoms with Gasteiger partial charge in [-0.3, -0.25) is 4.79 Å². The molecule has 0 aromatic rings. The lowest BCUT2D eigenvalue weighted by molar-refractivity contribution is -0.143. The summed E-state index contributed by atoms with van der Waals surface area (Å²) in [6.07, 6.45) is 0.400. The third-order valence-corrected chi connectivity index (χ3v) is 1.39. The van der Waals surface area contributed by atoms with Gasteiger partial charge in [-0.2, -0.15) is 0 Å². The van der Waals surface area contributed by atoms with E-state index in [0.717, 1.165) is 0 Å². The van der Waals surface area contributed by atoms with Gasteiger partial charge in [-0.05, 0) is 5.41 Å². The Balaban J connectivity index is 3.80. The lowest BCUT2D eigenvalue weighted by Gasteiger charge is -2.21. The van der Waals surface area contributed by atoms with E-state index < -0.39 is 0 Å². The Hall–Kier alpha value is -0.570. The molecule has 0 aromatic carbocycles. The highest BCUT2D eigenvalue weighted by molar-refractivity contribution is 5.69. The van der Waals surface area contributed by atoms with E-state index in [1.54, 1.807) is 7.11 Å². The van der Waals surface area contributed by atoms with Crippen LogP contribution in [0, 0.1) is 5.41 Å². The van der Waals surface area contributed by atoms with E-state index in [2.05, 4.69) is 4.74 Å². The van der Waals surface area contributed by atoms with Crippen LogP contribution in [-0.2, 0) is 14.3 Å². The van der Waals surface area contributed by atoms with E-state index >= 15 is 0 Å². The molecule has 0 bridgehead atoms. The van der Waals surface area contributed by atoms with Gasteiger partial charge in [-0.15, -0.1) is 0 Å². The smallest absolute Gasteiger partial charge is 0.306 e. The fraction of sp³-hybridized carbons (Fsp3) is 0.875. The fourth-order valence-corrected chi connectivity index (χ4v) is 0.905. The maximum Gasteiger partial charge on any atom is 0.306 e. The number of rotatable bonds is 4. The van der Waals surface area contributed by atoms with Crippen LogP contribution >= 0.6 is 0 Å². The van der Waals surface area contributed by atoms with Crippen molar-refractivity contribution in [2.75, 3.05) is 20.8 Å². The summed E-state index contributed by atoms with van der Waals surface area (Å²) in [6, 6.07) is 0. The van der Waals surface area contributed by atoms with Crippen molar-refractivity contribution < 1.29 is 14.3 Å². The van der Waals surface area contributed by atoms with Crippen molar-refractivity contribution in [2.45, 2.75) is 20.3 Å². The Morgan fingerprint density at radius 3 is 2.27 bits per heavy atom. The summed E-state index contributed by atoms with van der Waals surface area (Å²) in [5, 5.41) is 0. The van der Waals surface area contributed by atoms with Gasteiger partial charge in [0.25, 0.3) is 0 Å². The number of ether oxygens (including phenoxy) is 2. The Labute approximate surface area is 67.7 Å². The van der Waals surface area contributed by atoms with E-state index in [1.165, 1.54) is 7.11 Å². The van der Waals surface area contributed by atoms with Crippen LogP contribution in [0.25, 0.3) is 0 Å². The van der Waals surface area contributed by atoms with Crippen LogP contribution in [0.15, 0.2) is 0 Å². The number of carbonyl (C=O) groups excluding carboxylic acids is 1. The Morgan fingerprint density at radius 1 is 1.36 bits per heavy atom. The topological polar surface area (TPSA) is 35.5 Å². The highest BCUT2D eigenvalue weighted by Crippen LogP contribution is 2.20. The van der Waals surface area contributed by atoms with Gasteiger partial charge in [0.15, 0.2) is 0 Å². The highest BCUT2D eigenvalue weighted by Gasteiger charge is 2.21. The number of methoxy groups -OCH3 is 2. The molecule has 0 aliphatic carbocycles. The second-order valence-corrected chi connectivity index (χ2v) is 3.35. The van der Waals surface area contributed by atoms with E-state index in [9.17, 15) is 4.79 Å². The first kappa shape index (κ1) is 10.4. The maximum atomic E-state index is 10.8. The zero-order valence-corrected chi connectivity index (χ0v) is 7.64. The van der Waals surface area contributed by atoms with Crippen molar-refractivity contribution in [3.8, 4) is 0 Å². The first-order chi connectivity index (χ1) is 5.02. The van der Waals surface area contributed by atoms with Gasteiger partial charge >= 0.3 is 5.97 Å². The Morgan fingerprint density at radius 2 is 1.91 bits per heavy atom. The number of carbonyl (C=O) groups is 1. The molecule has 0 fully saturated rings. The minimum absolute atomic E-state index is 0.123. The number of hydrogen-bond acceptors (Lipinski definition) is 3. The molecule has 0 aromatic heterocycles. The van der Waals surface area contributed by atoms with Crippen LogP contribution in [0.4, 0.5) is 0 Å². The van der Waals surface area contributed by atoms with Gasteiger partial charge in [-0.1, -0.05) is 13.8 Å². The van der Waals surface area contributed by atoms with Crippen molar-refractivity contribution in [1.29, 1.82) is 0 Å². The molecule has 0 saturated heterocycles. The standard InChI is InChI=1S/C8H16O3/c1-8(2,6-10-3)5-7(9)11-4/h5-6H2,1-4H3. The van der Waals surface area contributed by atoms with E-state index in [0.29, 0.717) is 13.0 Å². The predicted octanol–water partition coefficient (Wildman–Crippen LogP) is 1.22. The molecule has 0 heterocycles. The first-order valence-electron chi connectivity index (χ1n) is 3.57. The van der Waals surface area contributed by atoms with Crippen molar-refractivity contribution in [2.24, 2.45) is 5.41 Å². The summed E-state index contributed by atoms with van der Waals surface area (Å²) in [6.45, 7) is 4.50. The average Bonchev–Trinajstić information content (AvgIpc) is 1.86. The minimum Gasteiger partial charge on any atom is -0.469 e. The normalized spacial score (nSPS) is 11.3. The zero-order valence-electron chi connectivity index (χ0n) is 7.64. The predicted molar refractivity (Wildman–Crippen MR) is 42.3 cm³/mol. The SMILES string of the molecule is COCC(C)(C)CC(=O)OC. The lowest BCUT2D eigenvalue weighted by atomic mass is 9.91. The maximum absolute atomic E-state index is 10.8. The van der Waals surface area contributed by atoms with Crippen molar-refractivity contribution in [3.05, 3.63) is 0 Å². The lowest BCUT2D eigenvalue weighted by Crippen LogP contribution is -2.23. The second kappa shape index (κ2) is 4.34. The molecule has 0 atom stereocenters. The summed E-state index contributed by atoms with van der Waals surface area (Å²) < 4.78 is 9.48. The minimum atomic E-state index is -0.188. The molecule has 3 heteroatoms. The first-order valence-corrected chi connectivity index (χ1v) is 3.57. The molecule has 0 unspecified atom stereocenters. The zero-order chi connectivity index (χ0) is 8.91. The quantitative estimate of drug-likeness (QED) is 0.580. The summed E-state index contributed by atoms with van der Waals surface area (Å²) >= 11 is 0. The summed E-state index contributed by atoms with van der Waals surface area (Å²) in [4.78, 5) is 10.8. The molecule has 11 heavy (non-hydrogen) atoms. The third-order valence-electron chi connectivity index (χ3n) is 1.39. The molecule has 3 nitrogen and oxygen atoms in total. The molecule has 0 spiro atoms. The van der Waals surface area contributed by atoms with Crippen molar-refractivity contribution >= 4 is 5.97 Å². The van der Waals surface area contributed by atoms with Gasteiger partial charge in [0, 0.05) is 7.11 Å². The molecular formula is C8H16O3. The van der Waals surface area contributed by atoms with E-state index in [-0.39, 0.29) is 11.4 Å². The molecule has 0 N–H and O–H groups in total. The second-order valence-electron chi connectivity index (χ2n) is 3.35. The van der Waals surface area contributed by atoms with Gasteiger partial charge in [0.2, 0.25) is 0 Å². The highest BCUT2D eigenvalue weighted by atomic mass is 16.5. The average molecular weight is 160 g/mol. The molecule has 0 rings (SSSR count). The van der Waals surface area contributed by atoms with Gasteiger partial charge in [0.05, 0.1) is 20.1 Å². The van der Waals surface area contributed by atoms with Crippen LogP contribution in [0.3, 0.4) is 0 Å². The summed E-state index contributed by atoms with van der Waals surface area (Å²) in [5.74, 6) is -0.188. The summed E-state index contributed by atoms with van der Waals surface area (Å²) in [7, 11) is 3.02. The van der Waals surface area contributed by atoms with Crippen molar-refractivity contribution in [3.63, 3.8) is 0 Å². The fourth-order valence-electron chi connectivity index (χ4n) is 0.905. The van der Waals surface area contributed by atoms with Crippen LogP contribution < -0.4 is 0 Å². The van der Waals surface area contributed by atoms with Crippen LogP contribution in [0.2, 0.25) is 0 Å². The van der Waals surface area contributed by atoms with Gasteiger partial charge < -0.3 is 9.47 Å². The number of hydrogen-bond donors (Lipinski definition) is 0. The molecule has 66 valence electrons. The largest absolute Gasteiger partial charge is 0.469 e. The van der Waals surface area contributed by atoms with Crippen molar-refractivity contribution in [1.82, 2.24) is 0 Å². The summed E-state index contributed by atoms with van der Waals surface area (Å²) in [5.41, 5.74) is -0.123. The van der Waals surface area contributed by atoms with Gasteiger partial charge in [0.1, 0.15) is 0 Å².